The molecule has 0 bridgehead atoms. The van der Waals surface area contributed by atoms with Gasteiger partial charge in [0.05, 0.1) is 26.4 Å². The van der Waals surface area contributed by atoms with Crippen LogP contribution in [0.5, 0.6) is 0 Å². The molecule has 3 unspecified atom stereocenters. The van der Waals surface area contributed by atoms with E-state index in [1.54, 1.807) is 0 Å². The number of phosphoric ester groups is 2. The first kappa shape index (κ1) is 101. The van der Waals surface area contributed by atoms with Gasteiger partial charge in [-0.3, -0.25) is 37.3 Å². The maximum absolute atomic E-state index is 13.1. The molecule has 0 fully saturated rings. The minimum absolute atomic E-state index is 0.109. The van der Waals surface area contributed by atoms with Crippen LogP contribution in [0.1, 0.15) is 452 Å². The van der Waals surface area contributed by atoms with Gasteiger partial charge in [0, 0.05) is 25.7 Å². The van der Waals surface area contributed by atoms with Gasteiger partial charge in [-0.25, -0.2) is 9.13 Å². The van der Waals surface area contributed by atoms with Crippen LogP contribution in [0.3, 0.4) is 0 Å². The summed E-state index contributed by atoms with van der Waals surface area (Å²) in [6, 6.07) is 0. The summed E-state index contributed by atoms with van der Waals surface area (Å²) in [7, 11) is -9.92. The summed E-state index contributed by atoms with van der Waals surface area (Å²) in [6.07, 6.45) is 69.3. The van der Waals surface area contributed by atoms with Crippen molar-refractivity contribution in [1.29, 1.82) is 0 Å². The van der Waals surface area contributed by atoms with Crippen LogP contribution < -0.4 is 0 Å². The average molecular weight is 1510 g/mol. The number of hydrogen-bond donors (Lipinski definition) is 3. The van der Waals surface area contributed by atoms with E-state index in [0.29, 0.717) is 25.7 Å². The van der Waals surface area contributed by atoms with Crippen molar-refractivity contribution in [2.24, 2.45) is 5.92 Å². The lowest BCUT2D eigenvalue weighted by atomic mass is 9.99. The second-order valence-corrected chi connectivity index (χ2v) is 33.4. The molecule has 0 aromatic rings. The molecule has 0 saturated carbocycles. The van der Waals surface area contributed by atoms with E-state index < -0.39 is 97.5 Å². The molecule has 0 spiro atoms. The highest BCUT2D eigenvalue weighted by Gasteiger charge is 2.30. The molecule has 0 aromatic carbocycles. The maximum atomic E-state index is 13.1. The zero-order valence-electron chi connectivity index (χ0n) is 67.5. The molecule has 612 valence electrons. The van der Waals surface area contributed by atoms with Crippen molar-refractivity contribution in [3.05, 3.63) is 0 Å². The van der Waals surface area contributed by atoms with E-state index >= 15 is 0 Å². The van der Waals surface area contributed by atoms with Gasteiger partial charge in [0.2, 0.25) is 0 Å². The summed E-state index contributed by atoms with van der Waals surface area (Å²) in [5.41, 5.74) is 0. The van der Waals surface area contributed by atoms with Crippen LogP contribution in [-0.4, -0.2) is 96.7 Å². The SMILES string of the molecule is CCCCCCCCCCCCCCCCCCC(=O)OC[C@H](COP(=O)(O)OC[C@@H](O)COP(=O)(O)OC[C@@H](COC(=O)CCCCCCCCCCCC)OC(=O)CCCCCCCCCCCCCCCCC)OC(=O)CCCCCCCCCCCCCCCCCCCCC(C)CC. The lowest BCUT2D eigenvalue weighted by Crippen LogP contribution is -2.30. The Morgan fingerprint density at radius 1 is 0.272 bits per heavy atom. The molecule has 19 heteroatoms. The van der Waals surface area contributed by atoms with Crippen molar-refractivity contribution >= 4 is 39.5 Å². The first-order valence-corrected chi connectivity index (χ1v) is 46.7. The normalized spacial score (nSPS) is 14.1. The van der Waals surface area contributed by atoms with Gasteiger partial charge in [0.25, 0.3) is 0 Å². The van der Waals surface area contributed by atoms with Crippen LogP contribution in [0.2, 0.25) is 0 Å². The van der Waals surface area contributed by atoms with E-state index in [1.165, 1.54) is 276 Å². The summed E-state index contributed by atoms with van der Waals surface area (Å²) >= 11 is 0. The van der Waals surface area contributed by atoms with Crippen molar-refractivity contribution in [1.82, 2.24) is 0 Å². The Kier molecular flexibility index (Phi) is 75.4. The number of aliphatic hydroxyl groups excluding tert-OH is 1. The fraction of sp³-hybridized carbons (Fsp3) is 0.952. The smallest absolute Gasteiger partial charge is 0.462 e. The molecular weight excluding hydrogens is 1340 g/mol. The highest BCUT2D eigenvalue weighted by Crippen LogP contribution is 2.45. The molecule has 17 nitrogen and oxygen atoms in total. The Bertz CT molecular complexity index is 1960. The van der Waals surface area contributed by atoms with Crippen molar-refractivity contribution in [2.45, 2.75) is 470 Å². The summed E-state index contributed by atoms with van der Waals surface area (Å²) in [5.74, 6) is -1.23. The summed E-state index contributed by atoms with van der Waals surface area (Å²) in [4.78, 5) is 73.1. The lowest BCUT2D eigenvalue weighted by molar-refractivity contribution is -0.161. The van der Waals surface area contributed by atoms with E-state index in [1.807, 2.05) is 0 Å². The first-order chi connectivity index (χ1) is 50.1. The van der Waals surface area contributed by atoms with Crippen molar-refractivity contribution in [3.8, 4) is 0 Å². The van der Waals surface area contributed by atoms with Gasteiger partial charge in [0.1, 0.15) is 19.3 Å². The molecule has 0 heterocycles. The van der Waals surface area contributed by atoms with Crippen molar-refractivity contribution < 1.29 is 80.2 Å². The first-order valence-electron chi connectivity index (χ1n) is 43.7. The topological polar surface area (TPSA) is 237 Å². The molecular formula is C84H164O17P2. The average Bonchev–Trinajstić information content (AvgIpc) is 0.921. The number of rotatable bonds is 84. The Labute approximate surface area is 632 Å². The van der Waals surface area contributed by atoms with Gasteiger partial charge >= 0.3 is 39.5 Å². The minimum Gasteiger partial charge on any atom is -0.462 e. The summed E-state index contributed by atoms with van der Waals surface area (Å²) in [5, 5.41) is 10.7. The van der Waals surface area contributed by atoms with Gasteiger partial charge < -0.3 is 33.8 Å². The van der Waals surface area contributed by atoms with Crippen LogP contribution in [0.25, 0.3) is 0 Å². The molecule has 0 rings (SSSR count). The van der Waals surface area contributed by atoms with E-state index in [9.17, 15) is 43.2 Å². The number of unbranched alkanes of at least 4 members (excludes halogenated alkanes) is 55. The molecule has 0 aromatic heterocycles. The third-order valence-corrected chi connectivity index (χ3v) is 22.0. The quantitative estimate of drug-likeness (QED) is 0.0222. The Morgan fingerprint density at radius 2 is 0.466 bits per heavy atom. The molecule has 6 atom stereocenters. The number of phosphoric acid groups is 2. The predicted octanol–water partition coefficient (Wildman–Crippen LogP) is 25.6. The van der Waals surface area contributed by atoms with Gasteiger partial charge in [-0.05, 0) is 31.6 Å². The second kappa shape index (κ2) is 76.8. The van der Waals surface area contributed by atoms with Crippen LogP contribution in [0.4, 0.5) is 0 Å². The second-order valence-electron chi connectivity index (χ2n) is 30.5. The van der Waals surface area contributed by atoms with Gasteiger partial charge in [-0.15, -0.1) is 0 Å². The molecule has 0 saturated heterocycles. The lowest BCUT2D eigenvalue weighted by Gasteiger charge is -2.21. The van der Waals surface area contributed by atoms with Crippen LogP contribution in [0.15, 0.2) is 0 Å². The Hall–Kier alpha value is -1.94. The van der Waals surface area contributed by atoms with E-state index in [2.05, 4.69) is 34.6 Å². The van der Waals surface area contributed by atoms with Crippen LogP contribution in [-0.2, 0) is 65.4 Å². The summed E-state index contributed by atoms with van der Waals surface area (Å²) < 4.78 is 68.8. The van der Waals surface area contributed by atoms with Gasteiger partial charge in [-0.2, -0.15) is 0 Å². The van der Waals surface area contributed by atoms with Crippen molar-refractivity contribution in [3.63, 3.8) is 0 Å². The standard InChI is InChI=1S/C84H164O17P2/c1-6-10-13-16-19-22-25-27-29-36-39-43-48-53-58-63-68-82(87)95-74-80(101-84(89)70-65-60-55-50-45-41-37-33-31-30-32-35-38-42-46-51-56-61-66-77(5)9-4)76-99-103(92,93)97-72-78(85)71-96-102(90,91)98-75-79(73-94-81(86)67-62-57-52-47-24-21-18-15-12-8-3)100-83(88)69-64-59-54-49-44-40-34-28-26-23-20-17-14-11-7-2/h77-80,85H,6-76H2,1-5H3,(H,90,91)(H,92,93)/t77?,78-,79+,80+/m0/s1. The maximum Gasteiger partial charge on any atom is 0.472 e. The molecule has 0 radical (unpaired) electrons. The molecule has 0 amide bonds. The molecule has 3 N–H and O–H groups in total. The molecule has 0 aliphatic carbocycles. The third-order valence-electron chi connectivity index (χ3n) is 20.1. The van der Waals surface area contributed by atoms with Gasteiger partial charge in [0.15, 0.2) is 12.2 Å². The molecule has 103 heavy (non-hydrogen) atoms. The van der Waals surface area contributed by atoms with E-state index in [4.69, 9.17) is 37.0 Å². The third kappa shape index (κ3) is 76.6. The zero-order valence-corrected chi connectivity index (χ0v) is 69.3. The monoisotopic (exact) mass is 1510 g/mol. The highest BCUT2D eigenvalue weighted by atomic mass is 31.2. The Morgan fingerprint density at radius 3 is 0.689 bits per heavy atom. The zero-order chi connectivity index (χ0) is 75.5. The molecule has 0 aliphatic heterocycles. The number of esters is 4. The number of aliphatic hydroxyl groups is 1. The Balaban J connectivity index is 5.21. The van der Waals surface area contributed by atoms with Crippen molar-refractivity contribution in [2.75, 3.05) is 39.6 Å². The summed E-state index contributed by atoms with van der Waals surface area (Å²) in [6.45, 7) is 7.42. The fourth-order valence-corrected chi connectivity index (χ4v) is 14.7. The van der Waals surface area contributed by atoms with E-state index in [0.717, 1.165) is 95.8 Å². The van der Waals surface area contributed by atoms with Crippen LogP contribution in [0, 0.1) is 5.92 Å². The highest BCUT2D eigenvalue weighted by molar-refractivity contribution is 7.47. The number of carbonyl (C=O) groups excluding carboxylic acids is 4. The van der Waals surface area contributed by atoms with Gasteiger partial charge in [-0.1, -0.05) is 401 Å². The fourth-order valence-electron chi connectivity index (χ4n) is 13.1. The van der Waals surface area contributed by atoms with E-state index in [-0.39, 0.29) is 25.7 Å². The minimum atomic E-state index is -4.96. The number of ether oxygens (including phenoxy) is 4. The number of carbonyl (C=O) groups is 4. The molecule has 0 aliphatic rings. The largest absolute Gasteiger partial charge is 0.472 e. The predicted molar refractivity (Wildman–Crippen MR) is 423 cm³/mol. The van der Waals surface area contributed by atoms with Crippen LogP contribution >= 0.6 is 15.6 Å². The number of hydrogen-bond acceptors (Lipinski definition) is 15.